The maximum atomic E-state index is 13.0. The zero-order chi connectivity index (χ0) is 21.6. The molecule has 0 N–H and O–H groups in total. The standard InChI is InChI=1S/C21H32N2O5S/c1-16(2)15-22(12-11-20(24)28-4)21(25)18-9-13-23(14-10-18)29(26,27)19-7-5-17(3)6-8-19/h5-8,16,18H,9-15H2,1-4H3. The highest BCUT2D eigenvalue weighted by atomic mass is 32.2. The molecule has 1 aliphatic rings. The summed E-state index contributed by atoms with van der Waals surface area (Å²) in [7, 11) is -2.21. The van der Waals surface area contributed by atoms with Gasteiger partial charge in [-0.2, -0.15) is 4.31 Å². The molecule has 0 saturated carbocycles. The summed E-state index contributed by atoms with van der Waals surface area (Å²) in [5.74, 6) is -0.296. The molecule has 0 bridgehead atoms. The van der Waals surface area contributed by atoms with Gasteiger partial charge in [0, 0.05) is 32.1 Å². The number of sulfonamides is 1. The summed E-state index contributed by atoms with van der Waals surface area (Å²) in [6.45, 7) is 7.49. The molecule has 29 heavy (non-hydrogen) atoms. The summed E-state index contributed by atoms with van der Waals surface area (Å²) in [4.78, 5) is 26.5. The van der Waals surface area contributed by atoms with Crippen molar-refractivity contribution in [3.8, 4) is 0 Å². The molecule has 1 amide bonds. The van der Waals surface area contributed by atoms with Gasteiger partial charge in [-0.1, -0.05) is 31.5 Å². The first-order chi connectivity index (χ1) is 13.6. The van der Waals surface area contributed by atoms with Gasteiger partial charge < -0.3 is 9.64 Å². The number of benzene rings is 1. The van der Waals surface area contributed by atoms with E-state index in [0.717, 1.165) is 5.56 Å². The molecule has 1 aromatic rings. The van der Waals surface area contributed by atoms with Crippen molar-refractivity contribution in [3.63, 3.8) is 0 Å². The Labute approximate surface area is 174 Å². The molecule has 162 valence electrons. The summed E-state index contributed by atoms with van der Waals surface area (Å²) in [6, 6.07) is 6.82. The number of piperidine rings is 1. The van der Waals surface area contributed by atoms with Crippen LogP contribution in [0.4, 0.5) is 0 Å². The SMILES string of the molecule is COC(=O)CCN(CC(C)C)C(=O)C1CCN(S(=O)(=O)c2ccc(C)cc2)CC1. The number of methoxy groups -OCH3 is 1. The molecule has 7 nitrogen and oxygen atoms in total. The van der Waals surface area contributed by atoms with E-state index in [2.05, 4.69) is 4.74 Å². The number of carbonyl (C=O) groups excluding carboxylic acids is 2. The average Bonchev–Trinajstić information content (AvgIpc) is 2.70. The second-order valence-electron chi connectivity index (χ2n) is 8.00. The molecule has 0 aliphatic carbocycles. The molecular weight excluding hydrogens is 392 g/mol. The van der Waals surface area contributed by atoms with Gasteiger partial charge in [-0.25, -0.2) is 8.42 Å². The van der Waals surface area contributed by atoms with Gasteiger partial charge in [0.2, 0.25) is 15.9 Å². The van der Waals surface area contributed by atoms with E-state index < -0.39 is 10.0 Å². The van der Waals surface area contributed by atoms with Crippen LogP contribution < -0.4 is 0 Å². The van der Waals surface area contributed by atoms with Crippen LogP contribution in [0, 0.1) is 18.8 Å². The van der Waals surface area contributed by atoms with Gasteiger partial charge >= 0.3 is 5.97 Å². The third-order valence-corrected chi connectivity index (χ3v) is 7.09. The molecular formula is C21H32N2O5S. The average molecular weight is 425 g/mol. The third-order valence-electron chi connectivity index (χ3n) is 5.17. The number of rotatable bonds is 8. The predicted octanol–water partition coefficient (Wildman–Crippen LogP) is 2.44. The first-order valence-electron chi connectivity index (χ1n) is 10.1. The van der Waals surface area contributed by atoms with E-state index in [1.165, 1.54) is 11.4 Å². The first-order valence-corrected chi connectivity index (χ1v) is 11.5. The first kappa shape index (κ1) is 23.3. The van der Waals surface area contributed by atoms with Gasteiger partial charge in [-0.15, -0.1) is 0 Å². The lowest BCUT2D eigenvalue weighted by Crippen LogP contribution is -2.45. The largest absolute Gasteiger partial charge is 0.469 e. The number of hydrogen-bond donors (Lipinski definition) is 0. The van der Waals surface area contributed by atoms with E-state index in [0.29, 0.717) is 39.0 Å². The highest BCUT2D eigenvalue weighted by Crippen LogP contribution is 2.25. The topological polar surface area (TPSA) is 84.0 Å². The lowest BCUT2D eigenvalue weighted by Gasteiger charge is -2.34. The monoisotopic (exact) mass is 424 g/mol. The molecule has 1 saturated heterocycles. The fraction of sp³-hybridized carbons (Fsp3) is 0.619. The molecule has 1 fully saturated rings. The molecule has 0 aromatic heterocycles. The highest BCUT2D eigenvalue weighted by Gasteiger charge is 2.34. The number of esters is 1. The smallest absolute Gasteiger partial charge is 0.307 e. The van der Waals surface area contributed by atoms with Crippen molar-refractivity contribution in [3.05, 3.63) is 29.8 Å². The number of carbonyl (C=O) groups is 2. The van der Waals surface area contributed by atoms with Crippen molar-refractivity contribution in [2.75, 3.05) is 33.3 Å². The van der Waals surface area contributed by atoms with E-state index >= 15 is 0 Å². The summed E-state index contributed by atoms with van der Waals surface area (Å²) >= 11 is 0. The Hall–Kier alpha value is -1.93. The molecule has 0 unspecified atom stereocenters. The molecule has 1 heterocycles. The number of aryl methyl sites for hydroxylation is 1. The second-order valence-corrected chi connectivity index (χ2v) is 9.93. The Balaban J connectivity index is 2.00. The van der Waals surface area contributed by atoms with Crippen molar-refractivity contribution in [1.29, 1.82) is 0 Å². The molecule has 8 heteroatoms. The van der Waals surface area contributed by atoms with Crippen molar-refractivity contribution < 1.29 is 22.7 Å². The normalized spacial score (nSPS) is 16.0. The van der Waals surface area contributed by atoms with Crippen LogP contribution in [0.5, 0.6) is 0 Å². The Bertz CT molecular complexity index is 797. The minimum absolute atomic E-state index is 0.00464. The van der Waals surface area contributed by atoms with Crippen molar-refractivity contribution in [1.82, 2.24) is 9.21 Å². The number of nitrogens with zero attached hydrogens (tertiary/aromatic N) is 2. The maximum Gasteiger partial charge on any atom is 0.307 e. The van der Waals surface area contributed by atoms with Crippen LogP contribution in [0.15, 0.2) is 29.2 Å². The van der Waals surface area contributed by atoms with Crippen LogP contribution in [0.25, 0.3) is 0 Å². The van der Waals surface area contributed by atoms with Gasteiger partial charge in [0.1, 0.15) is 0 Å². The molecule has 0 atom stereocenters. The zero-order valence-electron chi connectivity index (χ0n) is 17.8. The van der Waals surface area contributed by atoms with Crippen LogP contribution in [-0.2, 0) is 24.3 Å². The van der Waals surface area contributed by atoms with Gasteiger partial charge in [-0.3, -0.25) is 9.59 Å². The Kier molecular flexibility index (Phi) is 8.22. The summed E-state index contributed by atoms with van der Waals surface area (Å²) < 4.78 is 31.8. The van der Waals surface area contributed by atoms with Crippen LogP contribution >= 0.6 is 0 Å². The molecule has 2 rings (SSSR count). The maximum absolute atomic E-state index is 13.0. The molecule has 1 aromatic carbocycles. The number of ether oxygens (including phenoxy) is 1. The van der Waals surface area contributed by atoms with Gasteiger partial charge in [-0.05, 0) is 37.8 Å². The fourth-order valence-corrected chi connectivity index (χ4v) is 4.99. The van der Waals surface area contributed by atoms with E-state index in [1.807, 2.05) is 20.8 Å². The summed E-state index contributed by atoms with van der Waals surface area (Å²) in [6.07, 6.45) is 1.13. The Morgan fingerprint density at radius 2 is 1.76 bits per heavy atom. The van der Waals surface area contributed by atoms with Crippen molar-refractivity contribution in [2.45, 2.75) is 44.9 Å². The van der Waals surface area contributed by atoms with E-state index in [-0.39, 0.29) is 35.0 Å². The predicted molar refractivity (Wildman–Crippen MR) is 111 cm³/mol. The minimum Gasteiger partial charge on any atom is -0.469 e. The van der Waals surface area contributed by atoms with E-state index in [9.17, 15) is 18.0 Å². The molecule has 1 aliphatic heterocycles. The van der Waals surface area contributed by atoms with Gasteiger partial charge in [0.25, 0.3) is 0 Å². The summed E-state index contributed by atoms with van der Waals surface area (Å²) in [5.41, 5.74) is 1.01. The zero-order valence-corrected chi connectivity index (χ0v) is 18.6. The molecule has 0 spiro atoms. The van der Waals surface area contributed by atoms with Crippen LogP contribution in [0.1, 0.15) is 38.7 Å². The van der Waals surface area contributed by atoms with E-state index in [1.54, 1.807) is 29.2 Å². The highest BCUT2D eigenvalue weighted by molar-refractivity contribution is 7.89. The quantitative estimate of drug-likeness (QED) is 0.599. The van der Waals surface area contributed by atoms with Crippen LogP contribution in [-0.4, -0.2) is 62.8 Å². The number of amides is 1. The van der Waals surface area contributed by atoms with Crippen molar-refractivity contribution >= 4 is 21.9 Å². The second kappa shape index (κ2) is 10.2. The third kappa shape index (κ3) is 6.27. The Morgan fingerprint density at radius 3 is 2.28 bits per heavy atom. The van der Waals surface area contributed by atoms with Gasteiger partial charge in [0.05, 0.1) is 18.4 Å². The molecule has 0 radical (unpaired) electrons. The van der Waals surface area contributed by atoms with E-state index in [4.69, 9.17) is 0 Å². The van der Waals surface area contributed by atoms with Crippen LogP contribution in [0.3, 0.4) is 0 Å². The van der Waals surface area contributed by atoms with Gasteiger partial charge in [0.15, 0.2) is 0 Å². The number of hydrogen-bond acceptors (Lipinski definition) is 5. The van der Waals surface area contributed by atoms with Crippen LogP contribution in [0.2, 0.25) is 0 Å². The Morgan fingerprint density at radius 1 is 1.17 bits per heavy atom. The van der Waals surface area contributed by atoms with Crippen molar-refractivity contribution in [2.24, 2.45) is 11.8 Å². The lowest BCUT2D eigenvalue weighted by molar-refractivity contribution is -0.143. The lowest BCUT2D eigenvalue weighted by atomic mass is 9.96. The minimum atomic E-state index is -3.54. The fourth-order valence-electron chi connectivity index (χ4n) is 3.52. The summed E-state index contributed by atoms with van der Waals surface area (Å²) in [5, 5.41) is 0.